The first-order valence-electron chi connectivity index (χ1n) is 7.90. The fraction of sp³-hybridized carbons (Fsp3) is 0.375. The van der Waals surface area contributed by atoms with Crippen molar-refractivity contribution in [1.29, 1.82) is 0 Å². The number of nitrogens with zero attached hydrogens (tertiary/aromatic N) is 4. The Labute approximate surface area is 145 Å². The number of amides is 1. The Morgan fingerprint density at radius 2 is 1.96 bits per heavy atom. The molecule has 132 valence electrons. The largest absolute Gasteiger partial charge is 0.339 e. The molecule has 8 nitrogen and oxygen atoms in total. The molecular formula is C16H18N4O4S. The average molecular weight is 362 g/mol. The quantitative estimate of drug-likeness (QED) is 0.792. The van der Waals surface area contributed by atoms with E-state index in [9.17, 15) is 13.2 Å². The zero-order chi connectivity index (χ0) is 17.7. The van der Waals surface area contributed by atoms with Crippen molar-refractivity contribution >= 4 is 15.9 Å². The number of carbonyl (C=O) groups excluding carboxylic acids is 1. The first-order chi connectivity index (χ1) is 11.9. The van der Waals surface area contributed by atoms with Crippen LogP contribution in [0.1, 0.15) is 12.0 Å². The van der Waals surface area contributed by atoms with Crippen molar-refractivity contribution in [2.45, 2.75) is 23.6 Å². The SMILES string of the molecule is Cn1cnc(S(=O)(=O)N2CC3(CC(=O)N(Cc4ccccc4)O3)C2)c1. The van der Waals surface area contributed by atoms with Crippen LogP contribution in [-0.2, 0) is 33.2 Å². The van der Waals surface area contributed by atoms with Gasteiger partial charge in [-0.2, -0.15) is 4.31 Å². The minimum Gasteiger partial charge on any atom is -0.339 e. The Morgan fingerprint density at radius 1 is 1.24 bits per heavy atom. The fourth-order valence-corrected chi connectivity index (χ4v) is 4.70. The van der Waals surface area contributed by atoms with Crippen LogP contribution in [0.5, 0.6) is 0 Å². The van der Waals surface area contributed by atoms with Crippen LogP contribution in [0.2, 0.25) is 0 Å². The van der Waals surface area contributed by atoms with Crippen LogP contribution in [0.25, 0.3) is 0 Å². The molecule has 0 bridgehead atoms. The molecule has 1 aromatic carbocycles. The number of benzene rings is 1. The lowest BCUT2D eigenvalue weighted by Gasteiger charge is -2.44. The molecule has 9 heteroatoms. The van der Waals surface area contributed by atoms with Gasteiger partial charge in [-0.25, -0.2) is 18.5 Å². The predicted octanol–water partition coefficient (Wildman–Crippen LogP) is 0.527. The highest BCUT2D eigenvalue weighted by Crippen LogP contribution is 2.38. The van der Waals surface area contributed by atoms with Crippen molar-refractivity contribution in [2.24, 2.45) is 7.05 Å². The lowest BCUT2D eigenvalue weighted by molar-refractivity contribution is -0.228. The van der Waals surface area contributed by atoms with Gasteiger partial charge in [-0.15, -0.1) is 0 Å². The Kier molecular flexibility index (Phi) is 3.67. The summed E-state index contributed by atoms with van der Waals surface area (Å²) >= 11 is 0. The molecule has 25 heavy (non-hydrogen) atoms. The molecule has 0 atom stereocenters. The van der Waals surface area contributed by atoms with Crippen LogP contribution in [0.4, 0.5) is 0 Å². The van der Waals surface area contributed by atoms with Crippen molar-refractivity contribution in [3.05, 3.63) is 48.4 Å². The summed E-state index contributed by atoms with van der Waals surface area (Å²) in [5, 5.41) is 1.34. The van der Waals surface area contributed by atoms with Gasteiger partial charge >= 0.3 is 0 Å². The summed E-state index contributed by atoms with van der Waals surface area (Å²) in [6, 6.07) is 9.54. The number of hydrogen-bond donors (Lipinski definition) is 0. The molecule has 3 heterocycles. The third-order valence-electron chi connectivity index (χ3n) is 4.44. The predicted molar refractivity (Wildman–Crippen MR) is 87.4 cm³/mol. The summed E-state index contributed by atoms with van der Waals surface area (Å²) in [6.45, 7) is 0.667. The molecule has 1 aromatic heterocycles. The molecule has 0 aliphatic carbocycles. The summed E-state index contributed by atoms with van der Waals surface area (Å²) in [7, 11) is -1.94. The van der Waals surface area contributed by atoms with E-state index in [1.807, 2.05) is 30.3 Å². The number of hydroxylamine groups is 2. The topological polar surface area (TPSA) is 84.7 Å². The number of carbonyl (C=O) groups is 1. The van der Waals surface area contributed by atoms with E-state index in [1.165, 1.54) is 21.9 Å². The maximum Gasteiger partial charge on any atom is 0.262 e. The van der Waals surface area contributed by atoms with Crippen molar-refractivity contribution in [3.63, 3.8) is 0 Å². The molecule has 0 unspecified atom stereocenters. The number of aromatic nitrogens is 2. The molecule has 0 saturated carbocycles. The van der Waals surface area contributed by atoms with Crippen LogP contribution in [0, 0.1) is 0 Å². The van der Waals surface area contributed by atoms with Gasteiger partial charge in [0.15, 0.2) is 5.03 Å². The van der Waals surface area contributed by atoms with E-state index in [-0.39, 0.29) is 30.4 Å². The first-order valence-corrected chi connectivity index (χ1v) is 9.34. The van der Waals surface area contributed by atoms with E-state index in [2.05, 4.69) is 4.98 Å². The number of imidazole rings is 1. The molecule has 1 amide bonds. The molecule has 0 radical (unpaired) electrons. The Morgan fingerprint density at radius 3 is 2.60 bits per heavy atom. The van der Waals surface area contributed by atoms with Gasteiger partial charge in [-0.1, -0.05) is 30.3 Å². The van der Waals surface area contributed by atoms with E-state index in [0.29, 0.717) is 6.54 Å². The lowest BCUT2D eigenvalue weighted by Crippen LogP contribution is -2.63. The van der Waals surface area contributed by atoms with E-state index in [1.54, 1.807) is 11.6 Å². The number of aryl methyl sites for hydroxylation is 1. The van der Waals surface area contributed by atoms with Gasteiger partial charge in [0.05, 0.1) is 19.3 Å². The molecule has 2 fully saturated rings. The van der Waals surface area contributed by atoms with E-state index < -0.39 is 15.6 Å². The Hall–Kier alpha value is -2.23. The molecule has 2 saturated heterocycles. The highest BCUT2D eigenvalue weighted by molar-refractivity contribution is 7.89. The molecule has 2 aromatic rings. The highest BCUT2D eigenvalue weighted by Gasteiger charge is 2.57. The van der Waals surface area contributed by atoms with Crippen molar-refractivity contribution < 1.29 is 18.0 Å². The molecule has 0 N–H and O–H groups in total. The van der Waals surface area contributed by atoms with Crippen LogP contribution >= 0.6 is 0 Å². The summed E-state index contributed by atoms with van der Waals surface area (Å²) in [4.78, 5) is 22.0. The Balaban J connectivity index is 1.43. The van der Waals surface area contributed by atoms with Gasteiger partial charge in [0.1, 0.15) is 5.60 Å². The van der Waals surface area contributed by atoms with Gasteiger partial charge in [0.2, 0.25) is 5.91 Å². The molecule has 2 aliphatic rings. The average Bonchev–Trinajstić information content (AvgIpc) is 3.12. The lowest BCUT2D eigenvalue weighted by atomic mass is 9.94. The van der Waals surface area contributed by atoms with Crippen molar-refractivity contribution in [2.75, 3.05) is 13.1 Å². The number of sulfonamides is 1. The minimum atomic E-state index is -3.65. The second kappa shape index (κ2) is 5.65. The van der Waals surface area contributed by atoms with Crippen molar-refractivity contribution in [1.82, 2.24) is 18.9 Å². The van der Waals surface area contributed by atoms with Gasteiger partial charge in [-0.05, 0) is 5.56 Å². The fourth-order valence-electron chi connectivity index (χ4n) is 3.14. The Bertz CT molecular complexity index is 903. The molecular weight excluding hydrogens is 344 g/mol. The monoisotopic (exact) mass is 362 g/mol. The first kappa shape index (κ1) is 16.2. The van der Waals surface area contributed by atoms with Crippen LogP contribution < -0.4 is 0 Å². The second-order valence-electron chi connectivity index (χ2n) is 6.52. The summed E-state index contributed by atoms with van der Waals surface area (Å²) in [5.41, 5.74) is 0.207. The molecule has 1 spiro atoms. The maximum absolute atomic E-state index is 12.5. The maximum atomic E-state index is 12.5. The molecule has 4 rings (SSSR count). The minimum absolute atomic E-state index is 0.00955. The number of hydrogen-bond acceptors (Lipinski definition) is 5. The van der Waals surface area contributed by atoms with Crippen molar-refractivity contribution in [3.8, 4) is 0 Å². The van der Waals surface area contributed by atoms with Gasteiger partial charge in [-0.3, -0.25) is 9.63 Å². The highest BCUT2D eigenvalue weighted by atomic mass is 32.2. The summed E-state index contributed by atoms with van der Waals surface area (Å²) in [5.74, 6) is -0.126. The van der Waals surface area contributed by atoms with Gasteiger partial charge in [0, 0.05) is 26.3 Å². The van der Waals surface area contributed by atoms with Gasteiger partial charge < -0.3 is 4.57 Å². The van der Waals surface area contributed by atoms with E-state index in [0.717, 1.165) is 5.56 Å². The molecule has 2 aliphatic heterocycles. The third-order valence-corrected chi connectivity index (χ3v) is 6.12. The number of rotatable bonds is 4. The normalized spacial score (nSPS) is 20.2. The van der Waals surface area contributed by atoms with E-state index >= 15 is 0 Å². The smallest absolute Gasteiger partial charge is 0.262 e. The zero-order valence-corrected chi connectivity index (χ0v) is 14.5. The van der Waals surface area contributed by atoms with Crippen LogP contribution in [0.3, 0.4) is 0 Å². The van der Waals surface area contributed by atoms with Crippen LogP contribution in [-0.4, -0.2) is 51.9 Å². The summed E-state index contributed by atoms with van der Waals surface area (Å²) in [6.07, 6.45) is 3.09. The zero-order valence-electron chi connectivity index (χ0n) is 13.7. The third kappa shape index (κ3) is 2.84. The van der Waals surface area contributed by atoms with E-state index in [4.69, 9.17) is 4.84 Å². The standard InChI is InChI=1S/C16H18N4O4S/c1-18-9-14(17-12-18)25(22,23)19-10-16(11-19)7-15(21)20(24-16)8-13-5-3-2-4-6-13/h2-6,9,12H,7-8,10-11H2,1H3. The summed E-state index contributed by atoms with van der Waals surface area (Å²) < 4.78 is 27.9. The van der Waals surface area contributed by atoms with Crippen LogP contribution in [0.15, 0.2) is 47.9 Å². The second-order valence-corrected chi connectivity index (χ2v) is 8.40. The van der Waals surface area contributed by atoms with Gasteiger partial charge in [0.25, 0.3) is 10.0 Å².